The molecule has 1 N–H and O–H groups in total. The van der Waals surface area contributed by atoms with Gasteiger partial charge in [-0.25, -0.2) is 0 Å². The van der Waals surface area contributed by atoms with Gasteiger partial charge in [0.2, 0.25) is 5.91 Å². The van der Waals surface area contributed by atoms with Crippen LogP contribution < -0.4 is 5.32 Å². The van der Waals surface area contributed by atoms with Gasteiger partial charge in [0.1, 0.15) is 0 Å². The van der Waals surface area contributed by atoms with E-state index in [1.165, 1.54) is 12.8 Å². The van der Waals surface area contributed by atoms with Crippen LogP contribution in [0.5, 0.6) is 0 Å². The molecule has 3 aliphatic rings. The number of nitrogens with one attached hydrogen (secondary N) is 1. The van der Waals surface area contributed by atoms with Crippen molar-refractivity contribution in [2.75, 3.05) is 7.05 Å². The first-order valence-corrected chi connectivity index (χ1v) is 7.00. The lowest BCUT2D eigenvalue weighted by Crippen LogP contribution is -2.49. The summed E-state index contributed by atoms with van der Waals surface area (Å²) < 4.78 is 0. The Bertz CT molecular complexity index is 333. The van der Waals surface area contributed by atoms with Gasteiger partial charge >= 0.3 is 0 Å². The largest absolute Gasteiger partial charge is 0.342 e. The van der Waals surface area contributed by atoms with E-state index in [-0.39, 0.29) is 17.8 Å². The Morgan fingerprint density at radius 2 is 1.72 bits per heavy atom. The lowest BCUT2D eigenvalue weighted by molar-refractivity contribution is -0.134. The van der Waals surface area contributed by atoms with Crippen LogP contribution in [0, 0.1) is 11.3 Å². The fourth-order valence-corrected chi connectivity index (χ4v) is 3.66. The summed E-state index contributed by atoms with van der Waals surface area (Å²) >= 11 is 0. The highest BCUT2D eigenvalue weighted by Crippen LogP contribution is 2.52. The second-order valence-corrected chi connectivity index (χ2v) is 6.96. The molecule has 0 spiro atoms. The molecule has 3 rings (SSSR count). The Morgan fingerprint density at radius 1 is 1.22 bits per heavy atom. The number of rotatable bonds is 2. The summed E-state index contributed by atoms with van der Waals surface area (Å²) in [5, 5.41) is 3.64. The maximum Gasteiger partial charge on any atom is 0.226 e. The predicted octanol–water partition coefficient (Wildman–Crippen LogP) is 2.20. The van der Waals surface area contributed by atoms with E-state index >= 15 is 0 Å². The third kappa shape index (κ3) is 2.39. The Hall–Kier alpha value is -0.280. The van der Waals surface area contributed by atoms with Crippen LogP contribution in [0.3, 0.4) is 0 Å². The van der Waals surface area contributed by atoms with E-state index < -0.39 is 0 Å². The van der Waals surface area contributed by atoms with Gasteiger partial charge in [-0.3, -0.25) is 4.79 Å². The van der Waals surface area contributed by atoms with Crippen molar-refractivity contribution in [3.63, 3.8) is 0 Å². The molecule has 0 aromatic rings. The minimum Gasteiger partial charge on any atom is -0.342 e. The van der Waals surface area contributed by atoms with Crippen molar-refractivity contribution in [2.24, 2.45) is 11.3 Å². The van der Waals surface area contributed by atoms with Crippen molar-refractivity contribution < 1.29 is 4.79 Å². The van der Waals surface area contributed by atoms with Gasteiger partial charge in [0.05, 0.1) is 0 Å². The van der Waals surface area contributed by atoms with Crippen molar-refractivity contribution in [2.45, 2.75) is 64.1 Å². The van der Waals surface area contributed by atoms with Gasteiger partial charge in [-0.1, -0.05) is 13.8 Å². The summed E-state index contributed by atoms with van der Waals surface area (Å²) in [7, 11) is 2.02. The zero-order valence-electron chi connectivity index (χ0n) is 11.6. The molecular weight excluding hydrogens is 248 g/mol. The highest BCUT2D eigenvalue weighted by molar-refractivity contribution is 5.85. The van der Waals surface area contributed by atoms with Crippen LogP contribution in [0.4, 0.5) is 0 Å². The van der Waals surface area contributed by atoms with E-state index in [4.69, 9.17) is 0 Å². The van der Waals surface area contributed by atoms with Crippen LogP contribution in [0.1, 0.15) is 46.0 Å². The molecule has 2 aliphatic heterocycles. The SMILES string of the molecule is CN(C(=O)C1CC1(C)C)C1CC2CCC(C1)N2.Cl. The molecule has 3 unspecified atom stereocenters. The molecule has 4 heteroatoms. The van der Waals surface area contributed by atoms with E-state index in [1.54, 1.807) is 0 Å². The highest BCUT2D eigenvalue weighted by atomic mass is 35.5. The van der Waals surface area contributed by atoms with Crippen LogP contribution in [-0.2, 0) is 4.79 Å². The van der Waals surface area contributed by atoms with Crippen molar-refractivity contribution >= 4 is 18.3 Å². The molecule has 0 radical (unpaired) electrons. The fourth-order valence-electron chi connectivity index (χ4n) is 3.66. The summed E-state index contributed by atoms with van der Waals surface area (Å²) in [6, 6.07) is 1.82. The fraction of sp³-hybridized carbons (Fsp3) is 0.929. The normalized spacial score (nSPS) is 39.9. The van der Waals surface area contributed by atoms with Gasteiger partial charge in [0.15, 0.2) is 0 Å². The molecule has 1 aliphatic carbocycles. The lowest BCUT2D eigenvalue weighted by atomic mass is 9.97. The smallest absolute Gasteiger partial charge is 0.226 e. The second kappa shape index (κ2) is 4.68. The maximum atomic E-state index is 12.4. The van der Waals surface area contributed by atoms with Gasteiger partial charge in [0, 0.05) is 31.1 Å². The average Bonchev–Trinajstić information content (AvgIpc) is 2.80. The van der Waals surface area contributed by atoms with E-state index in [0.29, 0.717) is 30.0 Å². The topological polar surface area (TPSA) is 32.3 Å². The molecule has 0 aromatic carbocycles. The zero-order valence-corrected chi connectivity index (χ0v) is 12.4. The van der Waals surface area contributed by atoms with Crippen LogP contribution in [0.25, 0.3) is 0 Å². The van der Waals surface area contributed by atoms with E-state index in [2.05, 4.69) is 24.1 Å². The van der Waals surface area contributed by atoms with Crippen LogP contribution in [0.2, 0.25) is 0 Å². The summed E-state index contributed by atoms with van der Waals surface area (Å²) in [6.45, 7) is 4.41. The van der Waals surface area contributed by atoms with E-state index in [1.807, 2.05) is 7.05 Å². The van der Waals surface area contributed by atoms with Crippen molar-refractivity contribution in [3.8, 4) is 0 Å². The molecule has 1 saturated carbocycles. The molecule has 104 valence electrons. The third-order valence-electron chi connectivity index (χ3n) is 5.16. The van der Waals surface area contributed by atoms with Gasteiger partial charge in [-0.05, 0) is 37.5 Å². The van der Waals surface area contributed by atoms with Gasteiger partial charge in [-0.15, -0.1) is 12.4 Å². The standard InChI is InChI=1S/C14H24N2O.ClH/c1-14(2)8-12(14)13(17)16(3)11-6-9-4-5-10(7-11)15-9;/h9-12,15H,4-8H2,1-3H3;1H. The molecule has 1 amide bonds. The Balaban J connectivity index is 0.00000120. The molecular formula is C14H25ClN2O. The molecule has 2 heterocycles. The summed E-state index contributed by atoms with van der Waals surface area (Å²) in [4.78, 5) is 14.4. The Morgan fingerprint density at radius 3 is 2.17 bits per heavy atom. The molecule has 0 aromatic heterocycles. The molecule has 2 saturated heterocycles. The number of halogens is 1. The number of hydrogen-bond donors (Lipinski definition) is 1. The Labute approximate surface area is 116 Å². The first kappa shape index (κ1) is 14.1. The lowest BCUT2D eigenvalue weighted by Gasteiger charge is -2.36. The minimum atomic E-state index is 0. The number of piperidine rings is 1. The highest BCUT2D eigenvalue weighted by Gasteiger charge is 2.52. The van der Waals surface area contributed by atoms with E-state index in [9.17, 15) is 4.79 Å². The quantitative estimate of drug-likeness (QED) is 0.836. The number of amides is 1. The van der Waals surface area contributed by atoms with E-state index in [0.717, 1.165) is 19.3 Å². The minimum absolute atomic E-state index is 0. The second-order valence-electron chi connectivity index (χ2n) is 6.96. The first-order valence-electron chi connectivity index (χ1n) is 7.00. The van der Waals surface area contributed by atoms with Crippen LogP contribution >= 0.6 is 12.4 Å². The summed E-state index contributed by atoms with van der Waals surface area (Å²) in [5.74, 6) is 0.682. The molecule has 18 heavy (non-hydrogen) atoms. The monoisotopic (exact) mass is 272 g/mol. The number of fused-ring (bicyclic) bond motifs is 2. The molecule has 2 bridgehead atoms. The molecule has 3 nitrogen and oxygen atoms in total. The van der Waals surface area contributed by atoms with Crippen LogP contribution in [0.15, 0.2) is 0 Å². The Kier molecular flexibility index (Phi) is 3.67. The first-order chi connectivity index (χ1) is 7.97. The number of carbonyl (C=O) groups is 1. The summed E-state index contributed by atoms with van der Waals surface area (Å²) in [5.41, 5.74) is 0.261. The molecule has 3 atom stereocenters. The zero-order chi connectivity index (χ0) is 12.2. The molecule has 3 fully saturated rings. The number of carbonyl (C=O) groups excluding carboxylic acids is 1. The van der Waals surface area contributed by atoms with Crippen LogP contribution in [-0.4, -0.2) is 36.0 Å². The van der Waals surface area contributed by atoms with Gasteiger partial charge in [0.25, 0.3) is 0 Å². The maximum absolute atomic E-state index is 12.4. The van der Waals surface area contributed by atoms with Gasteiger partial charge < -0.3 is 10.2 Å². The van der Waals surface area contributed by atoms with Crippen molar-refractivity contribution in [1.82, 2.24) is 10.2 Å². The number of hydrogen-bond acceptors (Lipinski definition) is 2. The van der Waals surface area contributed by atoms with Crippen molar-refractivity contribution in [3.05, 3.63) is 0 Å². The van der Waals surface area contributed by atoms with Gasteiger partial charge in [-0.2, -0.15) is 0 Å². The number of nitrogens with zero attached hydrogens (tertiary/aromatic N) is 1. The van der Waals surface area contributed by atoms with Crippen molar-refractivity contribution in [1.29, 1.82) is 0 Å². The summed E-state index contributed by atoms with van der Waals surface area (Å²) in [6.07, 6.45) is 6.00. The third-order valence-corrected chi connectivity index (χ3v) is 5.16. The predicted molar refractivity (Wildman–Crippen MR) is 74.9 cm³/mol. The average molecular weight is 273 g/mol.